The smallest absolute Gasteiger partial charge is 0.346 e. The zero-order valence-corrected chi connectivity index (χ0v) is 15.1. The number of rotatable bonds is 6. The molecule has 0 aromatic carbocycles. The molecule has 1 amide bonds. The summed E-state index contributed by atoms with van der Waals surface area (Å²) in [4.78, 5) is 33.8. The van der Waals surface area contributed by atoms with E-state index in [4.69, 9.17) is 0 Å². The second-order valence-corrected chi connectivity index (χ2v) is 7.15. The maximum absolute atomic E-state index is 12.7. The average molecular weight is 370 g/mol. The van der Waals surface area contributed by atoms with Crippen molar-refractivity contribution in [2.75, 3.05) is 6.54 Å². The van der Waals surface area contributed by atoms with Crippen LogP contribution in [-0.2, 0) is 6.54 Å². The molecule has 134 valence electrons. The first-order valence-corrected chi connectivity index (χ1v) is 9.31. The van der Waals surface area contributed by atoms with E-state index in [1.807, 2.05) is 24.4 Å². The van der Waals surface area contributed by atoms with Gasteiger partial charge in [-0.25, -0.2) is 14.5 Å². The molecule has 1 aliphatic rings. The van der Waals surface area contributed by atoms with E-state index in [0.717, 1.165) is 23.4 Å². The molecule has 0 atom stereocenters. The number of amides is 1. The van der Waals surface area contributed by atoms with Gasteiger partial charge in [0.1, 0.15) is 5.69 Å². The van der Waals surface area contributed by atoms with Gasteiger partial charge in [0.15, 0.2) is 5.82 Å². The highest BCUT2D eigenvalue weighted by Gasteiger charge is 2.30. The first kappa shape index (κ1) is 16.6. The topological polar surface area (TPSA) is 94.7 Å². The summed E-state index contributed by atoms with van der Waals surface area (Å²) < 4.78 is 3.20. The Morgan fingerprint density at radius 1 is 1.35 bits per heavy atom. The van der Waals surface area contributed by atoms with Crippen LogP contribution in [0.1, 0.15) is 35.1 Å². The molecule has 0 saturated heterocycles. The Morgan fingerprint density at radius 2 is 2.19 bits per heavy atom. The van der Waals surface area contributed by atoms with E-state index in [0.29, 0.717) is 18.9 Å². The maximum Gasteiger partial charge on any atom is 0.346 e. The minimum absolute atomic E-state index is 0.125. The van der Waals surface area contributed by atoms with Crippen molar-refractivity contribution in [1.82, 2.24) is 29.6 Å². The summed E-state index contributed by atoms with van der Waals surface area (Å²) in [6.07, 6.45) is 5.00. The quantitative estimate of drug-likeness (QED) is 0.712. The van der Waals surface area contributed by atoms with Gasteiger partial charge in [0.05, 0.1) is 23.3 Å². The third-order valence-corrected chi connectivity index (χ3v) is 5.01. The zero-order valence-electron chi connectivity index (χ0n) is 14.3. The lowest BCUT2D eigenvalue weighted by molar-refractivity contribution is 0.0946. The fourth-order valence-corrected chi connectivity index (χ4v) is 3.38. The molecule has 0 unspecified atom stereocenters. The van der Waals surface area contributed by atoms with Gasteiger partial charge in [-0.05, 0) is 31.2 Å². The molecule has 0 radical (unpaired) electrons. The third kappa shape index (κ3) is 3.30. The predicted molar refractivity (Wildman–Crippen MR) is 97.2 cm³/mol. The van der Waals surface area contributed by atoms with E-state index >= 15 is 0 Å². The van der Waals surface area contributed by atoms with E-state index in [1.165, 1.54) is 10.9 Å². The van der Waals surface area contributed by atoms with Crippen LogP contribution in [-0.4, -0.2) is 36.8 Å². The highest BCUT2D eigenvalue weighted by molar-refractivity contribution is 7.13. The number of hydrogen-bond acceptors (Lipinski definition) is 6. The number of nitrogens with one attached hydrogen (secondary N) is 1. The Hall–Kier alpha value is -2.81. The number of thiophene rings is 1. The van der Waals surface area contributed by atoms with E-state index in [9.17, 15) is 9.59 Å². The van der Waals surface area contributed by atoms with Crippen LogP contribution in [0.5, 0.6) is 0 Å². The Morgan fingerprint density at radius 3 is 2.85 bits per heavy atom. The van der Waals surface area contributed by atoms with Gasteiger partial charge < -0.3 is 5.32 Å². The van der Waals surface area contributed by atoms with Crippen molar-refractivity contribution in [3.63, 3.8) is 0 Å². The largest absolute Gasteiger partial charge is 0.349 e. The Bertz CT molecular complexity index is 970. The number of hydrogen-bond donors (Lipinski definition) is 1. The van der Waals surface area contributed by atoms with Crippen molar-refractivity contribution in [1.29, 1.82) is 0 Å². The number of carbonyl (C=O) groups excluding carboxylic acids is 1. The van der Waals surface area contributed by atoms with E-state index in [1.54, 1.807) is 22.1 Å². The number of carbonyl (C=O) groups is 1. The summed E-state index contributed by atoms with van der Waals surface area (Å²) in [5, 5.41) is 9.22. The molecule has 1 saturated carbocycles. The first-order valence-electron chi connectivity index (χ1n) is 8.43. The molecule has 3 aromatic heterocycles. The van der Waals surface area contributed by atoms with Gasteiger partial charge in [-0.1, -0.05) is 6.07 Å². The van der Waals surface area contributed by atoms with Crippen LogP contribution < -0.4 is 11.0 Å². The minimum atomic E-state index is -0.314. The van der Waals surface area contributed by atoms with E-state index in [-0.39, 0.29) is 23.3 Å². The molecule has 0 spiro atoms. The summed E-state index contributed by atoms with van der Waals surface area (Å²) in [5.74, 6) is 0.397. The van der Waals surface area contributed by atoms with Gasteiger partial charge in [0.25, 0.3) is 5.91 Å². The Labute approximate surface area is 153 Å². The molecule has 9 heteroatoms. The van der Waals surface area contributed by atoms with Gasteiger partial charge in [-0.2, -0.15) is 0 Å². The minimum Gasteiger partial charge on any atom is -0.349 e. The molecule has 0 aliphatic heterocycles. The van der Waals surface area contributed by atoms with Crippen LogP contribution >= 0.6 is 11.3 Å². The summed E-state index contributed by atoms with van der Waals surface area (Å²) >= 11 is 1.56. The SMILES string of the molecule is Cc1cnc(C(=O)NCCn2nc(-c3cccs3)n(C3CC3)c2=O)cn1. The fraction of sp³-hybridized carbons (Fsp3) is 0.353. The second-order valence-electron chi connectivity index (χ2n) is 6.21. The molecule has 0 bridgehead atoms. The van der Waals surface area contributed by atoms with Crippen LogP contribution in [0.4, 0.5) is 0 Å². The second kappa shape index (κ2) is 6.83. The molecule has 3 aromatic rings. The van der Waals surface area contributed by atoms with Gasteiger partial charge in [-0.15, -0.1) is 16.4 Å². The van der Waals surface area contributed by atoms with Crippen LogP contribution in [0.2, 0.25) is 0 Å². The molecular formula is C17H18N6O2S. The van der Waals surface area contributed by atoms with Crippen molar-refractivity contribution in [3.05, 3.63) is 51.8 Å². The van der Waals surface area contributed by atoms with Crippen LogP contribution in [0.25, 0.3) is 10.7 Å². The molecular weight excluding hydrogens is 352 g/mol. The number of nitrogens with zero attached hydrogens (tertiary/aromatic N) is 5. The Balaban J connectivity index is 1.47. The lowest BCUT2D eigenvalue weighted by Crippen LogP contribution is -2.32. The third-order valence-electron chi connectivity index (χ3n) is 4.15. The lowest BCUT2D eigenvalue weighted by atomic mass is 10.4. The maximum atomic E-state index is 12.7. The highest BCUT2D eigenvalue weighted by atomic mass is 32.1. The summed E-state index contributed by atoms with van der Waals surface area (Å²) in [6.45, 7) is 2.41. The number of aromatic nitrogens is 5. The van der Waals surface area contributed by atoms with Crippen molar-refractivity contribution in [2.24, 2.45) is 0 Å². The molecule has 1 aliphatic carbocycles. The summed E-state index contributed by atoms with van der Waals surface area (Å²) in [7, 11) is 0. The fourth-order valence-electron chi connectivity index (χ4n) is 2.68. The average Bonchev–Trinajstić information content (AvgIpc) is 3.21. The van der Waals surface area contributed by atoms with E-state index in [2.05, 4.69) is 20.4 Å². The normalized spacial score (nSPS) is 13.7. The van der Waals surface area contributed by atoms with Crippen LogP contribution in [0, 0.1) is 6.92 Å². The molecule has 26 heavy (non-hydrogen) atoms. The Kier molecular flexibility index (Phi) is 4.37. The highest BCUT2D eigenvalue weighted by Crippen LogP contribution is 2.37. The van der Waals surface area contributed by atoms with Crippen molar-refractivity contribution >= 4 is 17.2 Å². The van der Waals surface area contributed by atoms with Gasteiger partial charge >= 0.3 is 5.69 Å². The molecule has 1 fully saturated rings. The van der Waals surface area contributed by atoms with Gasteiger partial charge in [0.2, 0.25) is 0 Å². The van der Waals surface area contributed by atoms with Gasteiger partial charge in [0, 0.05) is 18.8 Å². The monoisotopic (exact) mass is 370 g/mol. The molecule has 1 N–H and O–H groups in total. The predicted octanol–water partition coefficient (Wildman–Crippen LogP) is 1.64. The lowest BCUT2D eigenvalue weighted by Gasteiger charge is -2.04. The van der Waals surface area contributed by atoms with Gasteiger partial charge in [-0.3, -0.25) is 14.3 Å². The molecule has 4 rings (SSSR count). The zero-order chi connectivity index (χ0) is 18.1. The van der Waals surface area contributed by atoms with Crippen LogP contribution in [0.15, 0.2) is 34.7 Å². The van der Waals surface area contributed by atoms with Crippen LogP contribution in [0.3, 0.4) is 0 Å². The summed E-state index contributed by atoms with van der Waals surface area (Å²) in [5.41, 5.74) is 0.880. The standard InChI is InChI=1S/C17H18N6O2S/c1-11-9-20-13(10-19-11)16(24)18-6-7-22-17(25)23(12-4-5-12)15(21-22)14-3-2-8-26-14/h2-3,8-10,12H,4-7H2,1H3,(H,18,24). The summed E-state index contributed by atoms with van der Waals surface area (Å²) in [6, 6.07) is 4.16. The molecule has 3 heterocycles. The number of aryl methyl sites for hydroxylation is 1. The van der Waals surface area contributed by atoms with E-state index < -0.39 is 0 Å². The van der Waals surface area contributed by atoms with Crippen molar-refractivity contribution in [3.8, 4) is 10.7 Å². The van der Waals surface area contributed by atoms with Crippen molar-refractivity contribution < 1.29 is 4.79 Å². The van der Waals surface area contributed by atoms with Crippen molar-refractivity contribution in [2.45, 2.75) is 32.4 Å². The molecule has 8 nitrogen and oxygen atoms in total. The first-order chi connectivity index (χ1) is 12.6.